The quantitative estimate of drug-likeness (QED) is 0.367. The summed E-state index contributed by atoms with van der Waals surface area (Å²) in [6.07, 6.45) is 6.65. The van der Waals surface area contributed by atoms with Gasteiger partial charge in [-0.05, 0) is 64.1 Å². The van der Waals surface area contributed by atoms with Gasteiger partial charge in [0.25, 0.3) is 0 Å². The van der Waals surface area contributed by atoms with Crippen LogP contribution in [0, 0.1) is 0 Å². The predicted molar refractivity (Wildman–Crippen MR) is 111 cm³/mol. The van der Waals surface area contributed by atoms with E-state index >= 15 is 0 Å². The summed E-state index contributed by atoms with van der Waals surface area (Å²) in [6.45, 7) is 0. The first-order chi connectivity index (χ1) is 13.9. The minimum atomic E-state index is 0.805. The van der Waals surface area contributed by atoms with Crippen LogP contribution in [0.1, 0.15) is 33.6 Å². The number of fused-ring (bicyclic) bond motifs is 8. The highest BCUT2D eigenvalue weighted by Gasteiger charge is 2.35. The molecule has 2 aromatic carbocycles. The van der Waals surface area contributed by atoms with Crippen LogP contribution in [0.5, 0.6) is 0 Å². The van der Waals surface area contributed by atoms with E-state index in [1.54, 1.807) is 0 Å². The topological polar surface area (TPSA) is 29.0 Å². The van der Waals surface area contributed by atoms with E-state index in [0.717, 1.165) is 30.7 Å². The molecule has 2 aromatic heterocycles. The Bertz CT molecular complexity index is 1310. The van der Waals surface area contributed by atoms with Crippen LogP contribution in [0.2, 0.25) is 0 Å². The van der Waals surface area contributed by atoms with E-state index in [9.17, 15) is 0 Å². The van der Waals surface area contributed by atoms with Gasteiger partial charge in [-0.2, -0.15) is 0 Å². The van der Waals surface area contributed by atoms with Gasteiger partial charge in [-0.15, -0.1) is 0 Å². The molecular weight excluding hydrogens is 342 g/mol. The zero-order chi connectivity index (χ0) is 18.2. The Morgan fingerprint density at radius 1 is 0.643 bits per heavy atom. The molecule has 0 bridgehead atoms. The van der Waals surface area contributed by atoms with Crippen molar-refractivity contribution in [2.45, 2.75) is 19.3 Å². The molecule has 0 amide bonds. The zero-order valence-corrected chi connectivity index (χ0v) is 15.3. The van der Waals surface area contributed by atoms with Gasteiger partial charge in [0.1, 0.15) is 0 Å². The minimum absolute atomic E-state index is 0.805. The lowest BCUT2D eigenvalue weighted by atomic mass is 9.86. The Morgan fingerprint density at radius 3 is 2.57 bits per heavy atom. The van der Waals surface area contributed by atoms with E-state index in [1.165, 1.54) is 50.4 Å². The number of hydrogen-bond donors (Lipinski definition) is 0. The third-order valence-electron chi connectivity index (χ3n) is 6.40. The summed E-state index contributed by atoms with van der Waals surface area (Å²) in [4.78, 5) is 11.8. The molecule has 3 nitrogen and oxygen atoms in total. The summed E-state index contributed by atoms with van der Waals surface area (Å²) in [5.74, 6) is 0. The van der Waals surface area contributed by atoms with Crippen molar-refractivity contribution in [1.29, 1.82) is 0 Å². The number of hydrogen-bond acceptors (Lipinski definition) is 3. The van der Waals surface area contributed by atoms with Crippen LogP contribution in [-0.2, 0) is 19.3 Å². The summed E-state index contributed by atoms with van der Waals surface area (Å²) in [5.41, 5.74) is 14.5. The number of benzene rings is 2. The maximum Gasteiger partial charge on any atom is 0.0717 e. The molecule has 2 aliphatic heterocycles. The van der Waals surface area contributed by atoms with E-state index in [4.69, 9.17) is 4.98 Å². The van der Waals surface area contributed by atoms with Crippen molar-refractivity contribution in [3.8, 4) is 11.1 Å². The molecule has 132 valence electrons. The van der Waals surface area contributed by atoms with Gasteiger partial charge in [-0.25, -0.2) is 0 Å². The van der Waals surface area contributed by atoms with Crippen molar-refractivity contribution in [3.63, 3.8) is 0 Å². The van der Waals surface area contributed by atoms with E-state index in [-0.39, 0.29) is 0 Å². The largest absolute Gasteiger partial charge is 0.306 e. The molecule has 0 N–H and O–H groups in total. The monoisotopic (exact) mass is 359 g/mol. The van der Waals surface area contributed by atoms with Gasteiger partial charge in [0.15, 0.2) is 0 Å². The summed E-state index contributed by atoms with van der Waals surface area (Å²) in [7, 11) is 0. The summed E-state index contributed by atoms with van der Waals surface area (Å²) >= 11 is 0. The molecule has 3 aliphatic rings. The number of aromatic nitrogens is 2. The first-order valence-electron chi connectivity index (χ1n) is 9.82. The van der Waals surface area contributed by atoms with Crippen molar-refractivity contribution in [3.05, 3.63) is 101 Å². The smallest absolute Gasteiger partial charge is 0.0717 e. The maximum atomic E-state index is 4.71. The van der Waals surface area contributed by atoms with E-state index in [0.29, 0.717) is 0 Å². The lowest BCUT2D eigenvalue weighted by Gasteiger charge is -2.39. The zero-order valence-electron chi connectivity index (χ0n) is 15.3. The average Bonchev–Trinajstić information content (AvgIpc) is 3.12. The SMILES string of the molecule is c1ccc2c(c1)Cc1ccc3c(c1-2)Cc1ccnc2c1N3c1cccnc1C2. The van der Waals surface area contributed by atoms with Crippen LogP contribution in [0.25, 0.3) is 11.1 Å². The molecule has 0 radical (unpaired) electrons. The van der Waals surface area contributed by atoms with E-state index in [2.05, 4.69) is 58.4 Å². The second kappa shape index (κ2) is 5.08. The molecule has 1 aliphatic carbocycles. The van der Waals surface area contributed by atoms with Gasteiger partial charge in [-0.3, -0.25) is 9.97 Å². The van der Waals surface area contributed by atoms with E-state index in [1.807, 2.05) is 18.5 Å². The highest BCUT2D eigenvalue weighted by atomic mass is 15.2. The van der Waals surface area contributed by atoms with Gasteiger partial charge >= 0.3 is 0 Å². The highest BCUT2D eigenvalue weighted by Crippen LogP contribution is 2.53. The Hall–Kier alpha value is -3.46. The van der Waals surface area contributed by atoms with Crippen LogP contribution < -0.4 is 4.90 Å². The number of pyridine rings is 2. The Morgan fingerprint density at radius 2 is 1.57 bits per heavy atom. The normalized spacial score (nSPS) is 14.6. The summed E-state index contributed by atoms with van der Waals surface area (Å²) in [6, 6.07) is 19.9. The average molecular weight is 359 g/mol. The predicted octanol–water partition coefficient (Wildman–Crippen LogP) is 5.33. The molecule has 4 aromatic rings. The first kappa shape index (κ1) is 14.6. The van der Waals surface area contributed by atoms with Gasteiger partial charge in [0, 0.05) is 25.2 Å². The molecule has 7 rings (SSSR count). The van der Waals surface area contributed by atoms with Gasteiger partial charge in [0.2, 0.25) is 0 Å². The molecule has 0 atom stereocenters. The van der Waals surface area contributed by atoms with Crippen molar-refractivity contribution in [1.82, 2.24) is 9.97 Å². The van der Waals surface area contributed by atoms with Gasteiger partial charge in [0.05, 0.1) is 28.5 Å². The standard InChI is InChI=1S/C25H17N3/c1-2-5-18-15(4-1)12-16-7-8-22-19(24(16)18)13-17-9-11-27-21-14-20-23(6-3-10-26-20)28(22)25(17)21/h1-11H,12-14H2. The van der Waals surface area contributed by atoms with Crippen LogP contribution in [-0.4, -0.2) is 9.97 Å². The number of anilines is 3. The Kier molecular flexibility index (Phi) is 2.64. The van der Waals surface area contributed by atoms with E-state index < -0.39 is 0 Å². The second-order valence-corrected chi connectivity index (χ2v) is 7.85. The summed E-state index contributed by atoms with van der Waals surface area (Å²) < 4.78 is 0. The van der Waals surface area contributed by atoms with Crippen molar-refractivity contribution in [2.24, 2.45) is 0 Å². The molecule has 28 heavy (non-hydrogen) atoms. The van der Waals surface area contributed by atoms with Crippen molar-refractivity contribution in [2.75, 3.05) is 4.90 Å². The lowest BCUT2D eigenvalue weighted by Crippen LogP contribution is -2.26. The fraction of sp³-hybridized carbons (Fsp3) is 0.120. The fourth-order valence-corrected chi connectivity index (χ4v) is 5.26. The Labute approximate surface area is 163 Å². The van der Waals surface area contributed by atoms with Crippen LogP contribution in [0.4, 0.5) is 17.1 Å². The molecule has 0 unspecified atom stereocenters. The molecule has 3 heteroatoms. The van der Waals surface area contributed by atoms with Gasteiger partial charge < -0.3 is 4.90 Å². The molecule has 0 saturated carbocycles. The highest BCUT2D eigenvalue weighted by molar-refractivity contribution is 5.93. The number of nitrogens with zero attached hydrogens (tertiary/aromatic N) is 3. The van der Waals surface area contributed by atoms with Gasteiger partial charge in [-0.1, -0.05) is 30.3 Å². The second-order valence-electron chi connectivity index (χ2n) is 7.85. The molecule has 0 fully saturated rings. The van der Waals surface area contributed by atoms with Crippen molar-refractivity contribution >= 4 is 17.1 Å². The summed E-state index contributed by atoms with van der Waals surface area (Å²) in [5, 5.41) is 0. The lowest BCUT2D eigenvalue weighted by molar-refractivity contribution is 0.927. The molecule has 0 spiro atoms. The molecule has 0 saturated heterocycles. The maximum absolute atomic E-state index is 4.71. The van der Waals surface area contributed by atoms with Crippen LogP contribution >= 0.6 is 0 Å². The van der Waals surface area contributed by atoms with Crippen LogP contribution in [0.3, 0.4) is 0 Å². The fourth-order valence-electron chi connectivity index (χ4n) is 5.26. The molecule has 4 heterocycles. The van der Waals surface area contributed by atoms with Crippen LogP contribution in [0.15, 0.2) is 67.0 Å². The molecular formula is C25H17N3. The minimum Gasteiger partial charge on any atom is -0.306 e. The third-order valence-corrected chi connectivity index (χ3v) is 6.40. The first-order valence-corrected chi connectivity index (χ1v) is 9.82. The third kappa shape index (κ3) is 1.74. The Balaban J connectivity index is 1.56. The number of rotatable bonds is 0. The van der Waals surface area contributed by atoms with Crippen molar-refractivity contribution < 1.29 is 0 Å².